The van der Waals surface area contributed by atoms with Crippen LogP contribution in [0.25, 0.3) is 0 Å². The third-order valence-electron chi connectivity index (χ3n) is 9.55. The Balaban J connectivity index is 1.21. The lowest BCUT2D eigenvalue weighted by molar-refractivity contribution is -0.125. The maximum Gasteiger partial charge on any atom is 0.335 e. The smallest absolute Gasteiger partial charge is 0.335 e. The normalized spacial score (nSPS) is 11.2. The van der Waals surface area contributed by atoms with Crippen LogP contribution in [0, 0.1) is 18.3 Å². The number of ether oxygens (including phenoxy) is 1. The number of anilines is 1. The van der Waals surface area contributed by atoms with Gasteiger partial charge >= 0.3 is 5.97 Å². The number of phenolic OH excluding ortho intramolecular Hbond substituents is 1. The number of benzene rings is 5. The van der Waals surface area contributed by atoms with E-state index < -0.39 is 59.6 Å². The van der Waals surface area contributed by atoms with Crippen molar-refractivity contribution < 1.29 is 48.5 Å². The number of ketones is 3. The van der Waals surface area contributed by atoms with Crippen LogP contribution in [0.3, 0.4) is 0 Å². The zero-order valence-electron chi connectivity index (χ0n) is 33.5. The van der Waals surface area contributed by atoms with Crippen LogP contribution >= 0.6 is 0 Å². The molecule has 61 heavy (non-hydrogen) atoms. The Morgan fingerprint density at radius 1 is 0.721 bits per heavy atom. The highest BCUT2D eigenvalue weighted by Gasteiger charge is 2.25. The summed E-state index contributed by atoms with van der Waals surface area (Å²) in [4.78, 5) is 89.0. The average Bonchev–Trinajstić information content (AvgIpc) is 3.22. The highest BCUT2D eigenvalue weighted by atomic mass is 16.5. The highest BCUT2D eigenvalue weighted by Crippen LogP contribution is 2.36. The molecule has 0 aliphatic heterocycles. The number of hydrogen-bond donors (Lipinski definition) is 5. The lowest BCUT2D eigenvalue weighted by Gasteiger charge is -2.18. The van der Waals surface area contributed by atoms with Gasteiger partial charge < -0.3 is 31.3 Å². The van der Waals surface area contributed by atoms with Crippen molar-refractivity contribution in [3.63, 3.8) is 0 Å². The molecule has 0 bridgehead atoms. The van der Waals surface area contributed by atoms with Gasteiger partial charge in [-0.3, -0.25) is 28.8 Å². The summed E-state index contributed by atoms with van der Waals surface area (Å²) in [5.74, 6) is -4.72. The predicted molar refractivity (Wildman–Crippen MR) is 224 cm³/mol. The van der Waals surface area contributed by atoms with E-state index in [0.29, 0.717) is 39.1 Å². The third-order valence-corrected chi connectivity index (χ3v) is 9.55. The molecule has 0 fully saturated rings. The minimum Gasteiger partial charge on any atom is -0.504 e. The molecule has 310 valence electrons. The van der Waals surface area contributed by atoms with Gasteiger partial charge in [0.15, 0.2) is 28.8 Å². The molecule has 0 aliphatic rings. The highest BCUT2D eigenvalue weighted by molar-refractivity contribution is 6.05. The van der Waals surface area contributed by atoms with Gasteiger partial charge in [0.1, 0.15) is 0 Å². The molecular weight excluding hydrogens is 781 g/mol. The number of hydrogen-bond acceptors (Lipinski definition) is 10. The molecule has 1 atom stereocenters. The van der Waals surface area contributed by atoms with E-state index in [-0.39, 0.29) is 53.0 Å². The lowest BCUT2D eigenvalue weighted by Crippen LogP contribution is -2.44. The van der Waals surface area contributed by atoms with Crippen molar-refractivity contribution in [3.8, 4) is 17.6 Å². The van der Waals surface area contributed by atoms with Gasteiger partial charge in [0.2, 0.25) is 5.91 Å². The number of carboxylic acid groups (broad SMARTS) is 1. The van der Waals surface area contributed by atoms with Crippen molar-refractivity contribution in [1.82, 2.24) is 5.32 Å². The number of nitriles is 1. The van der Waals surface area contributed by atoms with Gasteiger partial charge in [-0.05, 0) is 98.1 Å². The molecule has 5 aromatic rings. The summed E-state index contributed by atoms with van der Waals surface area (Å²) >= 11 is 0. The molecule has 6 N–H and O–H groups in total. The zero-order chi connectivity index (χ0) is 44.4. The molecule has 0 spiro atoms. The first-order chi connectivity index (χ1) is 29.0. The van der Waals surface area contributed by atoms with E-state index in [1.165, 1.54) is 78.9 Å². The van der Waals surface area contributed by atoms with E-state index in [2.05, 4.69) is 10.6 Å². The number of carbonyl (C=O) groups is 7. The van der Waals surface area contributed by atoms with Gasteiger partial charge in [0.05, 0.1) is 41.3 Å². The van der Waals surface area contributed by atoms with E-state index in [1.807, 2.05) is 6.07 Å². The van der Waals surface area contributed by atoms with Crippen LogP contribution in [0.4, 0.5) is 5.69 Å². The van der Waals surface area contributed by atoms with Crippen LogP contribution in [0.5, 0.6) is 11.5 Å². The summed E-state index contributed by atoms with van der Waals surface area (Å²) < 4.78 is 5.87. The summed E-state index contributed by atoms with van der Waals surface area (Å²) in [7, 11) is 0. The Bertz CT molecular complexity index is 2560. The second-order valence-electron chi connectivity index (χ2n) is 14.5. The number of nitrogens with two attached hydrogens (primary N) is 1. The van der Waals surface area contributed by atoms with Crippen LogP contribution in [0.1, 0.15) is 99.9 Å². The standard InChI is InChI=1S/C47H42N4O10/c1-26(2)61-44-33(16-19-37(43(44)56)40(53)21-28-6-10-32(11-7-28)47(59)60)23-39(52)30-8-4-29(5-9-30)22-41(54)38(24-42(49)55)51-45(57)31-14-17-36(18-15-31)50-46(58)34-12-13-35(25-48)27(3)20-34/h4-20,26,38,56H,21-24H2,1-3H3,(H2,49,55)(H,50,58)(H,51,57)(H,59,60)/t38-/m0/s1. The number of amides is 3. The number of rotatable bonds is 18. The Morgan fingerprint density at radius 3 is 1.89 bits per heavy atom. The monoisotopic (exact) mass is 822 g/mol. The number of phenols is 1. The Hall–Kier alpha value is -7.92. The Kier molecular flexibility index (Phi) is 14.3. The van der Waals surface area contributed by atoms with E-state index in [0.717, 1.165) is 0 Å². The number of primary amides is 1. The number of aromatic carboxylic acids is 1. The van der Waals surface area contributed by atoms with Crippen molar-refractivity contribution >= 4 is 46.7 Å². The number of carboxylic acids is 1. The SMILES string of the molecule is Cc1cc(C(=O)Nc2ccc(C(=O)N[C@@H](CC(N)=O)C(=O)Cc3ccc(C(=O)Cc4ccc(C(=O)Cc5ccc(C(=O)O)cc5)c(O)c4OC(C)C)cc3)cc2)ccc1C#N. The molecule has 14 heteroatoms. The van der Waals surface area contributed by atoms with Crippen LogP contribution in [-0.2, 0) is 28.9 Å². The number of nitrogens with one attached hydrogen (secondary N) is 2. The summed E-state index contributed by atoms with van der Waals surface area (Å²) in [6.45, 7) is 5.18. The van der Waals surface area contributed by atoms with Gasteiger partial charge in [0, 0.05) is 47.2 Å². The molecule has 0 unspecified atom stereocenters. The number of Topliss-reactive ketones (excluding diaryl/α,β-unsaturated/α-hetero) is 3. The van der Waals surface area contributed by atoms with Crippen LogP contribution < -0.4 is 21.1 Å². The van der Waals surface area contributed by atoms with Crippen molar-refractivity contribution in [3.05, 3.63) is 159 Å². The second kappa shape index (κ2) is 19.7. The first kappa shape index (κ1) is 44.2. The van der Waals surface area contributed by atoms with Crippen LogP contribution in [-0.4, -0.2) is 63.4 Å². The van der Waals surface area contributed by atoms with Crippen molar-refractivity contribution in [2.24, 2.45) is 5.73 Å². The fourth-order valence-corrected chi connectivity index (χ4v) is 6.32. The molecule has 5 rings (SSSR count). The second-order valence-corrected chi connectivity index (χ2v) is 14.5. The summed E-state index contributed by atoms with van der Waals surface area (Å²) in [6.07, 6.45) is -1.39. The predicted octanol–water partition coefficient (Wildman–Crippen LogP) is 5.95. The summed E-state index contributed by atoms with van der Waals surface area (Å²) in [5, 5.41) is 34.7. The largest absolute Gasteiger partial charge is 0.504 e. The molecule has 3 amide bonds. The van der Waals surface area contributed by atoms with Gasteiger partial charge in [-0.2, -0.15) is 5.26 Å². The van der Waals surface area contributed by atoms with Crippen molar-refractivity contribution in [2.75, 3.05) is 5.32 Å². The van der Waals surface area contributed by atoms with E-state index in [4.69, 9.17) is 20.8 Å². The maximum atomic E-state index is 13.4. The van der Waals surface area contributed by atoms with Crippen LogP contribution in [0.15, 0.2) is 103 Å². The van der Waals surface area contributed by atoms with Gasteiger partial charge in [-0.25, -0.2) is 4.79 Å². The Labute approximate surface area is 351 Å². The number of nitrogens with zero attached hydrogens (tertiary/aromatic N) is 1. The quantitative estimate of drug-likeness (QED) is 0.0647. The molecule has 0 heterocycles. The molecule has 0 aliphatic carbocycles. The first-order valence-corrected chi connectivity index (χ1v) is 19.1. The van der Waals surface area contributed by atoms with E-state index >= 15 is 0 Å². The fraction of sp³-hybridized carbons (Fsp3) is 0.191. The summed E-state index contributed by atoms with van der Waals surface area (Å²) in [6, 6.07) is 26.3. The summed E-state index contributed by atoms with van der Waals surface area (Å²) in [5.41, 5.74) is 9.11. The van der Waals surface area contributed by atoms with E-state index in [1.54, 1.807) is 45.0 Å². The minimum absolute atomic E-state index is 0.0161. The van der Waals surface area contributed by atoms with Gasteiger partial charge in [-0.15, -0.1) is 0 Å². The maximum absolute atomic E-state index is 13.4. The number of carbonyl (C=O) groups excluding carboxylic acids is 6. The molecule has 0 aromatic heterocycles. The van der Waals surface area contributed by atoms with Crippen LogP contribution in [0.2, 0.25) is 0 Å². The van der Waals surface area contributed by atoms with Crippen molar-refractivity contribution in [1.29, 1.82) is 5.26 Å². The van der Waals surface area contributed by atoms with Gasteiger partial charge in [0.25, 0.3) is 11.8 Å². The molecule has 14 nitrogen and oxygen atoms in total. The molecular formula is C47H42N4O10. The first-order valence-electron chi connectivity index (χ1n) is 19.1. The van der Waals surface area contributed by atoms with Crippen molar-refractivity contribution in [2.45, 2.75) is 58.6 Å². The third kappa shape index (κ3) is 11.6. The molecule has 5 aromatic carbocycles. The zero-order valence-corrected chi connectivity index (χ0v) is 33.5. The number of aryl methyl sites for hydroxylation is 1. The fourth-order valence-electron chi connectivity index (χ4n) is 6.32. The Morgan fingerprint density at radius 2 is 1.31 bits per heavy atom. The lowest BCUT2D eigenvalue weighted by atomic mass is 9.95. The average molecular weight is 823 g/mol. The molecule has 0 radical (unpaired) electrons. The minimum atomic E-state index is -1.26. The van der Waals surface area contributed by atoms with E-state index in [9.17, 15) is 38.7 Å². The number of aromatic hydroxyl groups is 1. The topological polar surface area (TPSA) is 243 Å². The molecule has 0 saturated carbocycles. The molecule has 0 saturated heterocycles. The van der Waals surface area contributed by atoms with Gasteiger partial charge in [-0.1, -0.05) is 42.5 Å².